The van der Waals surface area contributed by atoms with Crippen molar-refractivity contribution < 1.29 is 0 Å². The summed E-state index contributed by atoms with van der Waals surface area (Å²) in [5.74, 6) is 1.49. The maximum atomic E-state index is 11.3. The fourth-order valence-electron chi connectivity index (χ4n) is 9.43. The van der Waals surface area contributed by atoms with Gasteiger partial charge >= 0.3 is 0 Å². The summed E-state index contributed by atoms with van der Waals surface area (Å²) in [6.45, 7) is 7.47. The minimum absolute atomic E-state index is 0.449. The second kappa shape index (κ2) is 16.2. The van der Waals surface area contributed by atoms with E-state index in [9.17, 15) is 10.5 Å². The summed E-state index contributed by atoms with van der Waals surface area (Å²) in [7, 11) is 0. The average molecular weight is 867 g/mol. The summed E-state index contributed by atoms with van der Waals surface area (Å²) in [6.07, 6.45) is 0. The number of aromatic nitrogens is 5. The molecule has 314 valence electrons. The van der Waals surface area contributed by atoms with Crippen LogP contribution in [0.2, 0.25) is 0 Å². The number of benzene rings is 9. The minimum Gasteiger partial charge on any atom is -0.308 e. The van der Waals surface area contributed by atoms with Crippen LogP contribution in [0.1, 0.15) is 11.1 Å². The average Bonchev–Trinajstić information content (AvgIpc) is 3.93. The van der Waals surface area contributed by atoms with Gasteiger partial charge in [0.05, 0.1) is 57.2 Å². The molecule has 8 heteroatoms. The molecule has 9 aromatic carbocycles. The number of hydrogen-bond donors (Lipinski definition) is 0. The molecule has 0 atom stereocenters. The van der Waals surface area contributed by atoms with Crippen molar-refractivity contribution in [2.75, 3.05) is 0 Å². The van der Waals surface area contributed by atoms with Gasteiger partial charge in [0, 0.05) is 38.2 Å². The molecule has 0 amide bonds. The van der Waals surface area contributed by atoms with Crippen molar-refractivity contribution >= 4 is 49.3 Å². The minimum atomic E-state index is 0.449. The first kappa shape index (κ1) is 39.6. The highest BCUT2D eigenvalue weighted by Gasteiger charge is 2.24. The van der Waals surface area contributed by atoms with Crippen LogP contribution in [0.5, 0.6) is 0 Å². The molecule has 0 saturated carbocycles. The van der Waals surface area contributed by atoms with Crippen LogP contribution < -0.4 is 0 Å². The molecule has 0 aliphatic rings. The van der Waals surface area contributed by atoms with Gasteiger partial charge < -0.3 is 9.13 Å². The molecule has 0 fully saturated rings. The Morgan fingerprint density at radius 2 is 0.838 bits per heavy atom. The van der Waals surface area contributed by atoms with E-state index in [1.165, 1.54) is 0 Å². The number of hydrogen-bond acceptors (Lipinski definition) is 5. The van der Waals surface area contributed by atoms with Gasteiger partial charge in [0.1, 0.15) is 6.07 Å². The van der Waals surface area contributed by atoms with E-state index in [2.05, 4.69) is 92.8 Å². The Morgan fingerprint density at radius 3 is 1.35 bits per heavy atom. The molecule has 0 saturated heterocycles. The lowest BCUT2D eigenvalue weighted by molar-refractivity contribution is 1.06. The zero-order valence-corrected chi connectivity index (χ0v) is 36.2. The van der Waals surface area contributed by atoms with E-state index in [1.807, 2.05) is 140 Å². The van der Waals surface area contributed by atoms with Crippen LogP contribution in [0.3, 0.4) is 0 Å². The van der Waals surface area contributed by atoms with Crippen molar-refractivity contribution in [3.63, 3.8) is 0 Å². The number of nitrogens with zero attached hydrogens (tertiary/aromatic N) is 8. The lowest BCUT2D eigenvalue weighted by Gasteiger charge is -2.19. The van der Waals surface area contributed by atoms with Crippen LogP contribution in [0.4, 0.5) is 5.69 Å². The first-order valence-electron chi connectivity index (χ1n) is 22.1. The van der Waals surface area contributed by atoms with Crippen LogP contribution in [-0.2, 0) is 0 Å². The molecule has 12 aromatic rings. The molecule has 68 heavy (non-hydrogen) atoms. The zero-order chi connectivity index (χ0) is 45.7. The second-order valence-corrected chi connectivity index (χ2v) is 16.6. The number of para-hydroxylation sites is 2. The van der Waals surface area contributed by atoms with Gasteiger partial charge in [-0.05, 0) is 82.9 Å². The van der Waals surface area contributed by atoms with Gasteiger partial charge in [0.25, 0.3) is 0 Å². The van der Waals surface area contributed by atoms with Crippen LogP contribution in [-0.4, -0.2) is 24.1 Å². The van der Waals surface area contributed by atoms with Gasteiger partial charge in [-0.3, -0.25) is 0 Å². The zero-order valence-electron chi connectivity index (χ0n) is 36.2. The highest BCUT2D eigenvalue weighted by atomic mass is 15.1. The van der Waals surface area contributed by atoms with Crippen LogP contribution in [0.25, 0.3) is 116 Å². The quantitative estimate of drug-likeness (QED) is 0.149. The molecule has 3 heterocycles. The Hall–Kier alpha value is -9.94. The van der Waals surface area contributed by atoms with Crippen LogP contribution in [0.15, 0.2) is 206 Å². The van der Waals surface area contributed by atoms with Crippen molar-refractivity contribution in [3.8, 4) is 79.9 Å². The van der Waals surface area contributed by atoms with Crippen molar-refractivity contribution in [1.82, 2.24) is 24.1 Å². The Balaban J connectivity index is 1.16. The third-order valence-electron chi connectivity index (χ3n) is 12.7. The summed E-state index contributed by atoms with van der Waals surface area (Å²) >= 11 is 0. The van der Waals surface area contributed by atoms with Gasteiger partial charge in [-0.25, -0.2) is 19.8 Å². The summed E-state index contributed by atoms with van der Waals surface area (Å²) in [5, 5.41) is 24.9. The van der Waals surface area contributed by atoms with Gasteiger partial charge in [-0.2, -0.15) is 10.5 Å². The Labute approximate surface area is 391 Å². The Morgan fingerprint density at radius 1 is 0.382 bits per heavy atom. The lowest BCUT2D eigenvalue weighted by Crippen LogP contribution is -2.07. The van der Waals surface area contributed by atoms with E-state index in [0.717, 1.165) is 82.7 Å². The number of fused-ring (bicyclic) bond motifs is 6. The molecule has 0 N–H and O–H groups in total. The third-order valence-corrected chi connectivity index (χ3v) is 12.7. The fraction of sp³-hybridized carbons (Fsp3) is 0. The lowest BCUT2D eigenvalue weighted by atomic mass is 10.0. The predicted molar refractivity (Wildman–Crippen MR) is 271 cm³/mol. The molecule has 0 radical (unpaired) electrons. The monoisotopic (exact) mass is 866 g/mol. The predicted octanol–water partition coefficient (Wildman–Crippen LogP) is 14.7. The number of nitriles is 2. The SMILES string of the molecule is [C-]#[N+]c1ccc(-c2ccc3c(c2)c2ccccc2n3-c2cc(C#N)c(-n3c4ccccc4c4cc(-c5ccc(C#N)cc5)ccc43)cc2-c2nc(-c3ccccc3)nc(-c3ccccc3)n2)cc1. The summed E-state index contributed by atoms with van der Waals surface area (Å²) < 4.78 is 4.40. The van der Waals surface area contributed by atoms with Gasteiger partial charge in [-0.15, -0.1) is 0 Å². The van der Waals surface area contributed by atoms with Gasteiger partial charge in [0.2, 0.25) is 0 Å². The Bertz CT molecular complexity index is 4030. The third kappa shape index (κ3) is 6.63. The van der Waals surface area contributed by atoms with Crippen molar-refractivity contribution in [2.24, 2.45) is 0 Å². The van der Waals surface area contributed by atoms with Gasteiger partial charge in [0.15, 0.2) is 23.2 Å². The largest absolute Gasteiger partial charge is 0.308 e. The summed E-state index contributed by atoms with van der Waals surface area (Å²) in [5.41, 5.74) is 13.3. The van der Waals surface area contributed by atoms with Crippen molar-refractivity contribution in [2.45, 2.75) is 0 Å². The van der Waals surface area contributed by atoms with E-state index in [0.29, 0.717) is 45.5 Å². The second-order valence-electron chi connectivity index (χ2n) is 16.6. The molecular formula is C60H34N8. The molecule has 0 aliphatic carbocycles. The van der Waals surface area contributed by atoms with E-state index >= 15 is 0 Å². The first-order valence-corrected chi connectivity index (χ1v) is 22.1. The van der Waals surface area contributed by atoms with E-state index in [1.54, 1.807) is 0 Å². The summed E-state index contributed by atoms with van der Waals surface area (Å²) in [6, 6.07) is 73.5. The van der Waals surface area contributed by atoms with E-state index in [-0.39, 0.29) is 0 Å². The topological polar surface area (TPSA) is 100 Å². The maximum Gasteiger partial charge on any atom is 0.187 e. The molecule has 8 nitrogen and oxygen atoms in total. The molecule has 0 unspecified atom stereocenters. The molecular weight excluding hydrogens is 833 g/mol. The highest BCUT2D eigenvalue weighted by Crippen LogP contribution is 2.42. The van der Waals surface area contributed by atoms with Crippen LogP contribution in [0, 0.1) is 29.2 Å². The van der Waals surface area contributed by atoms with Crippen LogP contribution >= 0.6 is 0 Å². The fourth-order valence-corrected chi connectivity index (χ4v) is 9.43. The first-order chi connectivity index (χ1) is 33.6. The normalized spacial score (nSPS) is 11.2. The molecule has 0 bridgehead atoms. The van der Waals surface area contributed by atoms with Crippen molar-refractivity contribution in [1.29, 1.82) is 10.5 Å². The molecule has 0 spiro atoms. The number of rotatable bonds is 7. The maximum absolute atomic E-state index is 11.3. The summed E-state index contributed by atoms with van der Waals surface area (Å²) in [4.78, 5) is 19.2. The smallest absolute Gasteiger partial charge is 0.187 e. The molecule has 12 rings (SSSR count). The van der Waals surface area contributed by atoms with Crippen molar-refractivity contribution in [3.05, 3.63) is 229 Å². The Kier molecular flexibility index (Phi) is 9.47. The molecule has 0 aliphatic heterocycles. The van der Waals surface area contributed by atoms with E-state index < -0.39 is 0 Å². The highest BCUT2D eigenvalue weighted by molar-refractivity contribution is 6.12. The molecule has 3 aromatic heterocycles. The van der Waals surface area contributed by atoms with E-state index in [4.69, 9.17) is 21.5 Å². The van der Waals surface area contributed by atoms with Gasteiger partial charge in [-0.1, -0.05) is 146 Å². The standard InChI is InChI=1S/C60H34N8/c1-63-46-28-24-40(25-29-46)44-27-31-55-50(33-44)48-17-9-11-19-53(48)68(55)57-34-45(37-62)56(35-51(57)60-65-58(41-12-4-2-5-13-41)64-59(66-60)42-14-6-3-7-15-42)67-52-18-10-8-16-47(52)49-32-43(26-30-54(49)67)39-22-20-38(36-61)21-23-39/h2-35H.